The summed E-state index contributed by atoms with van der Waals surface area (Å²) >= 11 is 0. The number of rotatable bonds is 7. The molecule has 1 N–H and O–H groups in total. The van der Waals surface area contributed by atoms with Crippen LogP contribution in [0.4, 0.5) is 11.4 Å². The van der Waals surface area contributed by atoms with Gasteiger partial charge in [0.05, 0.1) is 0 Å². The lowest BCUT2D eigenvalue weighted by atomic mass is 9.91. The first-order chi connectivity index (χ1) is 15.1. The highest BCUT2D eigenvalue weighted by Gasteiger charge is 2.41. The normalized spacial score (nSPS) is 15.1. The van der Waals surface area contributed by atoms with E-state index in [1.807, 2.05) is 0 Å². The van der Waals surface area contributed by atoms with Gasteiger partial charge in [-0.05, 0) is 45.9 Å². The summed E-state index contributed by atoms with van der Waals surface area (Å²) in [6, 6.07) is 12.9. The monoisotopic (exact) mass is 436 g/mol. The third-order valence-corrected chi connectivity index (χ3v) is 6.65. The summed E-state index contributed by atoms with van der Waals surface area (Å²) < 4.78 is 0. The van der Waals surface area contributed by atoms with Crippen molar-refractivity contribution in [1.29, 1.82) is 0 Å². The number of hydrogen-bond donors (Lipinski definition) is 1. The molecule has 4 heteroatoms. The van der Waals surface area contributed by atoms with Crippen molar-refractivity contribution in [3.05, 3.63) is 58.7 Å². The molecule has 174 valence electrons. The van der Waals surface area contributed by atoms with Gasteiger partial charge in [-0.15, -0.1) is 0 Å². The van der Waals surface area contributed by atoms with Crippen LogP contribution in [0, 0.1) is 0 Å². The zero-order valence-electron chi connectivity index (χ0n) is 21.0. The Kier molecular flexibility index (Phi) is 7.22. The van der Waals surface area contributed by atoms with Crippen LogP contribution in [0.1, 0.15) is 101 Å². The van der Waals surface area contributed by atoms with Gasteiger partial charge < -0.3 is 14.9 Å². The topological polar surface area (TPSA) is 43.8 Å². The zero-order chi connectivity index (χ0) is 23.7. The fourth-order valence-electron chi connectivity index (χ4n) is 5.05. The van der Waals surface area contributed by atoms with Gasteiger partial charge in [-0.2, -0.15) is 0 Å². The number of hydrogen-bond acceptors (Lipinski definition) is 3. The molecule has 32 heavy (non-hydrogen) atoms. The molecule has 0 unspecified atom stereocenters. The van der Waals surface area contributed by atoms with Crippen LogP contribution in [-0.4, -0.2) is 30.3 Å². The van der Waals surface area contributed by atoms with Crippen molar-refractivity contribution >= 4 is 17.3 Å². The molecule has 1 fully saturated rings. The molecule has 0 spiro atoms. The summed E-state index contributed by atoms with van der Waals surface area (Å²) in [5.74, 6) is 0.495. The number of benzene rings is 2. The summed E-state index contributed by atoms with van der Waals surface area (Å²) in [4.78, 5) is 17.1. The SMILES string of the molecule is CC(C)c1cccc(C(C)C)c1N1CCN(c2c(C(C)C)cccc2C(C)C)C1C(=O)O. The van der Waals surface area contributed by atoms with Crippen LogP contribution in [0.15, 0.2) is 36.4 Å². The number of anilines is 2. The number of carboxylic acids is 1. The molecule has 0 aliphatic carbocycles. The lowest BCUT2D eigenvalue weighted by Gasteiger charge is -2.35. The lowest BCUT2D eigenvalue weighted by Crippen LogP contribution is -2.46. The Labute approximate surface area is 194 Å². The predicted molar refractivity (Wildman–Crippen MR) is 135 cm³/mol. The molecule has 0 bridgehead atoms. The average Bonchev–Trinajstić information content (AvgIpc) is 3.17. The second-order valence-electron chi connectivity index (χ2n) is 10.3. The Bertz CT molecular complexity index is 838. The van der Waals surface area contributed by atoms with E-state index in [1.54, 1.807) is 0 Å². The molecule has 0 radical (unpaired) electrons. The van der Waals surface area contributed by atoms with E-state index in [1.165, 1.54) is 22.3 Å². The zero-order valence-corrected chi connectivity index (χ0v) is 21.0. The molecule has 1 aliphatic rings. The second kappa shape index (κ2) is 9.56. The van der Waals surface area contributed by atoms with Crippen molar-refractivity contribution in [2.45, 2.75) is 85.2 Å². The maximum Gasteiger partial charge on any atom is 0.347 e. The van der Waals surface area contributed by atoms with Crippen molar-refractivity contribution in [2.24, 2.45) is 0 Å². The van der Waals surface area contributed by atoms with Crippen LogP contribution in [0.2, 0.25) is 0 Å². The Morgan fingerprint density at radius 1 is 0.688 bits per heavy atom. The Hall–Kier alpha value is -2.49. The van der Waals surface area contributed by atoms with Gasteiger partial charge in [0.2, 0.25) is 6.17 Å². The van der Waals surface area contributed by atoms with Crippen molar-refractivity contribution in [1.82, 2.24) is 0 Å². The maximum atomic E-state index is 12.8. The first-order valence-electron chi connectivity index (χ1n) is 12.1. The molecule has 2 aromatic rings. The number of carboxylic acid groups (broad SMARTS) is 1. The molecular weight excluding hydrogens is 396 g/mol. The lowest BCUT2D eigenvalue weighted by molar-refractivity contribution is -0.138. The smallest absolute Gasteiger partial charge is 0.347 e. The van der Waals surface area contributed by atoms with Gasteiger partial charge in [0, 0.05) is 24.5 Å². The molecule has 1 heterocycles. The van der Waals surface area contributed by atoms with Gasteiger partial charge in [0.25, 0.3) is 0 Å². The van der Waals surface area contributed by atoms with Gasteiger partial charge in [-0.25, -0.2) is 4.79 Å². The summed E-state index contributed by atoms with van der Waals surface area (Å²) in [5, 5.41) is 10.5. The number of nitrogens with zero attached hydrogens (tertiary/aromatic N) is 2. The molecule has 0 atom stereocenters. The van der Waals surface area contributed by atoms with E-state index in [0.717, 1.165) is 11.4 Å². The highest BCUT2D eigenvalue weighted by atomic mass is 16.4. The highest BCUT2D eigenvalue weighted by molar-refractivity contribution is 5.86. The minimum atomic E-state index is -0.788. The molecule has 0 amide bonds. The molecule has 0 aromatic heterocycles. The quantitative estimate of drug-likeness (QED) is 0.512. The van der Waals surface area contributed by atoms with Crippen molar-refractivity contribution < 1.29 is 9.90 Å². The first kappa shape index (κ1) is 24.2. The van der Waals surface area contributed by atoms with Crippen LogP contribution >= 0.6 is 0 Å². The van der Waals surface area contributed by atoms with Gasteiger partial charge in [-0.3, -0.25) is 0 Å². The Morgan fingerprint density at radius 2 is 0.969 bits per heavy atom. The second-order valence-corrected chi connectivity index (χ2v) is 10.3. The van der Waals surface area contributed by atoms with E-state index >= 15 is 0 Å². The Morgan fingerprint density at radius 3 is 1.19 bits per heavy atom. The van der Waals surface area contributed by atoms with Gasteiger partial charge >= 0.3 is 5.97 Å². The number of aliphatic carboxylic acids is 1. The third kappa shape index (κ3) is 4.37. The van der Waals surface area contributed by atoms with Crippen molar-refractivity contribution in [3.63, 3.8) is 0 Å². The molecule has 0 saturated carbocycles. The maximum absolute atomic E-state index is 12.8. The molecule has 2 aromatic carbocycles. The summed E-state index contributed by atoms with van der Waals surface area (Å²) in [5.41, 5.74) is 7.13. The molecule has 1 aliphatic heterocycles. The van der Waals surface area contributed by atoms with E-state index in [-0.39, 0.29) is 0 Å². The molecule has 1 saturated heterocycles. The standard InChI is InChI=1S/C28H40N2O2/c1-17(2)21-11-9-12-22(18(3)4)25(21)29-15-16-30(27(29)28(31)32)26-23(19(5)6)13-10-14-24(26)20(7)8/h9-14,17-20,27H,15-16H2,1-8H3,(H,31,32). The van der Waals surface area contributed by atoms with E-state index in [0.29, 0.717) is 36.8 Å². The van der Waals surface area contributed by atoms with Gasteiger partial charge in [-0.1, -0.05) is 91.8 Å². The molecular formula is C28H40N2O2. The van der Waals surface area contributed by atoms with Crippen LogP contribution < -0.4 is 9.80 Å². The van der Waals surface area contributed by atoms with Crippen LogP contribution in [0.25, 0.3) is 0 Å². The fourth-order valence-corrected chi connectivity index (χ4v) is 5.05. The molecule has 4 nitrogen and oxygen atoms in total. The number of carbonyl (C=O) groups is 1. The highest BCUT2D eigenvalue weighted by Crippen LogP contribution is 2.42. The van der Waals surface area contributed by atoms with E-state index in [2.05, 4.69) is 102 Å². The largest absolute Gasteiger partial charge is 0.478 e. The predicted octanol–water partition coefficient (Wildman–Crippen LogP) is 6.92. The minimum Gasteiger partial charge on any atom is -0.478 e. The fraction of sp³-hybridized carbons (Fsp3) is 0.536. The number of para-hydroxylation sites is 2. The Balaban J connectivity index is 2.22. The summed E-state index contributed by atoms with van der Waals surface area (Å²) in [6.07, 6.45) is -0.718. The van der Waals surface area contributed by atoms with E-state index < -0.39 is 12.1 Å². The van der Waals surface area contributed by atoms with E-state index in [4.69, 9.17) is 0 Å². The molecule has 3 rings (SSSR count). The summed E-state index contributed by atoms with van der Waals surface area (Å²) in [7, 11) is 0. The van der Waals surface area contributed by atoms with E-state index in [9.17, 15) is 9.90 Å². The van der Waals surface area contributed by atoms with Gasteiger partial charge in [0.15, 0.2) is 0 Å². The van der Waals surface area contributed by atoms with Crippen molar-refractivity contribution in [2.75, 3.05) is 22.9 Å². The van der Waals surface area contributed by atoms with Gasteiger partial charge in [0.1, 0.15) is 0 Å². The first-order valence-corrected chi connectivity index (χ1v) is 12.1. The van der Waals surface area contributed by atoms with Crippen LogP contribution in [0.5, 0.6) is 0 Å². The minimum absolute atomic E-state index is 0.321. The van der Waals surface area contributed by atoms with Crippen LogP contribution in [-0.2, 0) is 4.79 Å². The van der Waals surface area contributed by atoms with Crippen molar-refractivity contribution in [3.8, 4) is 0 Å². The summed E-state index contributed by atoms with van der Waals surface area (Å²) in [6.45, 7) is 18.9. The third-order valence-electron chi connectivity index (χ3n) is 6.65. The average molecular weight is 437 g/mol. The van der Waals surface area contributed by atoms with Crippen LogP contribution in [0.3, 0.4) is 0 Å².